The molecule has 0 saturated carbocycles. The van der Waals surface area contributed by atoms with Gasteiger partial charge in [-0.3, -0.25) is 9.59 Å². The summed E-state index contributed by atoms with van der Waals surface area (Å²) in [5.41, 5.74) is 3.79. The lowest BCUT2D eigenvalue weighted by atomic mass is 10.1. The van der Waals surface area contributed by atoms with E-state index in [4.69, 9.17) is 4.52 Å². The van der Waals surface area contributed by atoms with Gasteiger partial charge in [-0.15, -0.1) is 0 Å². The van der Waals surface area contributed by atoms with E-state index < -0.39 is 0 Å². The number of aryl methyl sites for hydroxylation is 3. The third kappa shape index (κ3) is 4.15. The van der Waals surface area contributed by atoms with Crippen molar-refractivity contribution >= 4 is 22.5 Å². The standard InChI is InChI=1S/C23H22N4O3/c1-3-15-6-4-5-7-18(15)24-20(28)10-11-21-26-22(27-30-21)17-13-16-12-14(2)8-9-19(16)25-23(17)29/h4-9,12-13H,3,10-11H2,1-2H3,(H,24,28)(H,25,29). The first-order valence-electron chi connectivity index (χ1n) is 9.88. The van der Waals surface area contributed by atoms with E-state index in [0.29, 0.717) is 11.5 Å². The Kier molecular flexibility index (Phi) is 5.43. The van der Waals surface area contributed by atoms with Gasteiger partial charge in [-0.1, -0.05) is 41.9 Å². The van der Waals surface area contributed by atoms with Gasteiger partial charge in [0.1, 0.15) is 0 Å². The number of benzene rings is 2. The van der Waals surface area contributed by atoms with Gasteiger partial charge in [0, 0.05) is 24.0 Å². The molecule has 0 bridgehead atoms. The van der Waals surface area contributed by atoms with Gasteiger partial charge < -0.3 is 14.8 Å². The van der Waals surface area contributed by atoms with Crippen molar-refractivity contribution in [2.45, 2.75) is 33.1 Å². The van der Waals surface area contributed by atoms with Gasteiger partial charge in [0.05, 0.1) is 5.56 Å². The molecule has 2 aromatic carbocycles. The molecule has 1 amide bonds. The van der Waals surface area contributed by atoms with Crippen LogP contribution in [0.5, 0.6) is 0 Å². The van der Waals surface area contributed by atoms with Crippen molar-refractivity contribution in [3.05, 3.63) is 75.9 Å². The summed E-state index contributed by atoms with van der Waals surface area (Å²) >= 11 is 0. The van der Waals surface area contributed by atoms with E-state index in [1.807, 2.05) is 56.3 Å². The van der Waals surface area contributed by atoms with E-state index in [0.717, 1.165) is 34.1 Å². The van der Waals surface area contributed by atoms with Crippen molar-refractivity contribution in [3.8, 4) is 11.4 Å². The van der Waals surface area contributed by atoms with Crippen LogP contribution in [0.4, 0.5) is 5.69 Å². The van der Waals surface area contributed by atoms with Crippen LogP contribution in [0.2, 0.25) is 0 Å². The molecule has 0 aliphatic rings. The molecule has 2 heterocycles. The number of hydrogen-bond donors (Lipinski definition) is 2. The molecule has 7 nitrogen and oxygen atoms in total. The lowest BCUT2D eigenvalue weighted by Crippen LogP contribution is -2.13. The Balaban J connectivity index is 1.47. The van der Waals surface area contributed by atoms with Crippen LogP contribution in [0.1, 0.15) is 30.4 Å². The third-order valence-corrected chi connectivity index (χ3v) is 4.95. The molecule has 0 atom stereocenters. The first-order chi connectivity index (χ1) is 14.5. The van der Waals surface area contributed by atoms with Crippen LogP contribution < -0.4 is 10.9 Å². The number of rotatable bonds is 6. The molecule has 0 aliphatic heterocycles. The molecule has 152 valence electrons. The van der Waals surface area contributed by atoms with E-state index in [1.165, 1.54) is 0 Å². The van der Waals surface area contributed by atoms with E-state index in [9.17, 15) is 9.59 Å². The summed E-state index contributed by atoms with van der Waals surface area (Å²) in [6.45, 7) is 4.03. The van der Waals surface area contributed by atoms with Gasteiger partial charge in [0.25, 0.3) is 5.56 Å². The number of anilines is 1. The largest absolute Gasteiger partial charge is 0.339 e. The van der Waals surface area contributed by atoms with Crippen LogP contribution in [0.15, 0.2) is 57.8 Å². The number of carbonyl (C=O) groups is 1. The summed E-state index contributed by atoms with van der Waals surface area (Å²) in [4.78, 5) is 31.9. The van der Waals surface area contributed by atoms with Crippen molar-refractivity contribution in [1.29, 1.82) is 0 Å². The molecule has 2 N–H and O–H groups in total. The number of fused-ring (bicyclic) bond motifs is 1. The second-order valence-corrected chi connectivity index (χ2v) is 7.17. The van der Waals surface area contributed by atoms with Crippen LogP contribution in [-0.4, -0.2) is 21.0 Å². The number of aromatic nitrogens is 3. The molecule has 0 saturated heterocycles. The average molecular weight is 402 g/mol. The highest BCUT2D eigenvalue weighted by atomic mass is 16.5. The number of nitrogens with zero attached hydrogens (tertiary/aromatic N) is 2. The maximum absolute atomic E-state index is 12.4. The zero-order valence-electron chi connectivity index (χ0n) is 16.9. The van der Waals surface area contributed by atoms with Gasteiger partial charge in [-0.05, 0) is 48.6 Å². The highest BCUT2D eigenvalue weighted by molar-refractivity contribution is 5.91. The highest BCUT2D eigenvalue weighted by Crippen LogP contribution is 2.19. The lowest BCUT2D eigenvalue weighted by molar-refractivity contribution is -0.116. The van der Waals surface area contributed by atoms with Gasteiger partial charge in [-0.25, -0.2) is 0 Å². The Morgan fingerprint density at radius 3 is 2.83 bits per heavy atom. The smallest absolute Gasteiger partial charge is 0.259 e. The Morgan fingerprint density at radius 1 is 1.17 bits per heavy atom. The molecule has 0 radical (unpaired) electrons. The number of H-pyrrole nitrogens is 1. The summed E-state index contributed by atoms with van der Waals surface area (Å²) in [6.07, 6.45) is 1.33. The van der Waals surface area contributed by atoms with E-state index in [1.54, 1.807) is 6.07 Å². The predicted octanol–water partition coefficient (Wildman–Crippen LogP) is 4.02. The second kappa shape index (κ2) is 8.32. The molecular formula is C23H22N4O3. The zero-order chi connectivity index (χ0) is 21.1. The summed E-state index contributed by atoms with van der Waals surface area (Å²) < 4.78 is 5.26. The van der Waals surface area contributed by atoms with Gasteiger partial charge in [0.15, 0.2) is 0 Å². The van der Waals surface area contributed by atoms with E-state index in [-0.39, 0.29) is 30.1 Å². The lowest BCUT2D eigenvalue weighted by Gasteiger charge is -2.08. The minimum Gasteiger partial charge on any atom is -0.339 e. The maximum atomic E-state index is 12.4. The monoisotopic (exact) mass is 402 g/mol. The summed E-state index contributed by atoms with van der Waals surface area (Å²) in [6, 6.07) is 15.3. The molecule has 0 unspecified atom stereocenters. The molecule has 4 aromatic rings. The fraction of sp³-hybridized carbons (Fsp3) is 0.217. The Morgan fingerprint density at radius 2 is 2.00 bits per heavy atom. The van der Waals surface area contributed by atoms with Gasteiger partial charge in [0.2, 0.25) is 17.6 Å². The van der Waals surface area contributed by atoms with Crippen molar-refractivity contribution in [3.63, 3.8) is 0 Å². The number of nitrogens with one attached hydrogen (secondary N) is 2. The third-order valence-electron chi connectivity index (χ3n) is 4.95. The first-order valence-corrected chi connectivity index (χ1v) is 9.88. The van der Waals surface area contributed by atoms with Gasteiger partial charge >= 0.3 is 0 Å². The molecular weight excluding hydrogens is 380 g/mol. The van der Waals surface area contributed by atoms with Crippen LogP contribution in [0.3, 0.4) is 0 Å². The van der Waals surface area contributed by atoms with Crippen LogP contribution in [0.25, 0.3) is 22.3 Å². The summed E-state index contributed by atoms with van der Waals surface area (Å²) in [5.74, 6) is 0.397. The number of para-hydroxylation sites is 1. The summed E-state index contributed by atoms with van der Waals surface area (Å²) in [5, 5.41) is 7.74. The fourth-order valence-electron chi connectivity index (χ4n) is 3.34. The molecule has 30 heavy (non-hydrogen) atoms. The van der Waals surface area contributed by atoms with Gasteiger partial charge in [-0.2, -0.15) is 4.98 Å². The molecule has 0 spiro atoms. The minimum absolute atomic E-state index is 0.130. The van der Waals surface area contributed by atoms with Crippen molar-refractivity contribution in [2.24, 2.45) is 0 Å². The zero-order valence-corrected chi connectivity index (χ0v) is 16.9. The fourth-order valence-corrected chi connectivity index (χ4v) is 3.34. The van der Waals surface area contributed by atoms with E-state index in [2.05, 4.69) is 20.4 Å². The quantitative estimate of drug-likeness (QED) is 0.507. The number of hydrogen-bond acceptors (Lipinski definition) is 5. The number of pyridine rings is 1. The predicted molar refractivity (Wildman–Crippen MR) is 115 cm³/mol. The molecule has 2 aromatic heterocycles. The molecule has 7 heteroatoms. The van der Waals surface area contributed by atoms with Crippen LogP contribution in [0, 0.1) is 6.92 Å². The highest BCUT2D eigenvalue weighted by Gasteiger charge is 2.15. The second-order valence-electron chi connectivity index (χ2n) is 7.17. The van der Waals surface area contributed by atoms with E-state index >= 15 is 0 Å². The number of carbonyl (C=O) groups excluding carboxylic acids is 1. The average Bonchev–Trinajstić information content (AvgIpc) is 3.21. The Hall–Kier alpha value is -3.74. The number of aromatic amines is 1. The normalized spacial score (nSPS) is 11.0. The molecule has 4 rings (SSSR count). The van der Waals surface area contributed by atoms with Crippen molar-refractivity contribution in [1.82, 2.24) is 15.1 Å². The number of amides is 1. The van der Waals surface area contributed by atoms with Crippen LogP contribution >= 0.6 is 0 Å². The summed E-state index contributed by atoms with van der Waals surface area (Å²) in [7, 11) is 0. The van der Waals surface area contributed by atoms with Crippen molar-refractivity contribution in [2.75, 3.05) is 5.32 Å². The molecule has 0 aliphatic carbocycles. The Labute approximate surface area is 173 Å². The topological polar surface area (TPSA) is 101 Å². The Bertz CT molecular complexity index is 1270. The molecule has 0 fully saturated rings. The van der Waals surface area contributed by atoms with Crippen LogP contribution in [-0.2, 0) is 17.6 Å². The maximum Gasteiger partial charge on any atom is 0.259 e. The van der Waals surface area contributed by atoms with Crippen molar-refractivity contribution < 1.29 is 9.32 Å². The SMILES string of the molecule is CCc1ccccc1NC(=O)CCc1nc(-c2cc3cc(C)ccc3[nH]c2=O)no1. The minimum atomic E-state index is -0.285. The first kappa shape index (κ1) is 19.6.